The summed E-state index contributed by atoms with van der Waals surface area (Å²) in [5.41, 5.74) is 12.5. The van der Waals surface area contributed by atoms with E-state index in [0.29, 0.717) is 30.0 Å². The van der Waals surface area contributed by atoms with E-state index in [0.717, 1.165) is 0 Å². The second-order valence-corrected chi connectivity index (χ2v) is 3.91. The van der Waals surface area contributed by atoms with Gasteiger partial charge in [-0.3, -0.25) is 9.59 Å². The third-order valence-corrected chi connectivity index (χ3v) is 2.67. The Morgan fingerprint density at radius 3 is 2.82 bits per heavy atom. The lowest BCUT2D eigenvalue weighted by molar-refractivity contribution is -0.120. The van der Waals surface area contributed by atoms with Gasteiger partial charge >= 0.3 is 0 Å². The molecule has 1 aliphatic rings. The van der Waals surface area contributed by atoms with Crippen molar-refractivity contribution in [1.29, 1.82) is 0 Å². The van der Waals surface area contributed by atoms with Crippen LogP contribution in [-0.2, 0) is 4.79 Å². The molecule has 2 rings (SSSR count). The summed E-state index contributed by atoms with van der Waals surface area (Å²) in [6.45, 7) is 1.39. The third-order valence-electron chi connectivity index (χ3n) is 2.67. The van der Waals surface area contributed by atoms with Crippen molar-refractivity contribution < 1.29 is 9.59 Å². The molecule has 6 nitrogen and oxygen atoms in total. The molecule has 0 aliphatic carbocycles. The van der Waals surface area contributed by atoms with Crippen LogP contribution in [0.5, 0.6) is 0 Å². The van der Waals surface area contributed by atoms with Gasteiger partial charge in [-0.2, -0.15) is 0 Å². The van der Waals surface area contributed by atoms with Gasteiger partial charge in [0, 0.05) is 18.8 Å². The maximum Gasteiger partial charge on any atom is 0.250 e. The largest absolute Gasteiger partial charge is 0.399 e. The highest BCUT2D eigenvalue weighted by Gasteiger charge is 2.20. The first-order chi connectivity index (χ1) is 8.08. The Balaban J connectivity index is 2.38. The Kier molecular flexibility index (Phi) is 2.86. The predicted molar refractivity (Wildman–Crippen MR) is 64.6 cm³/mol. The van der Waals surface area contributed by atoms with E-state index >= 15 is 0 Å². The molecule has 6 heteroatoms. The molecule has 0 spiro atoms. The number of nitrogens with one attached hydrogen (secondary N) is 1. The van der Waals surface area contributed by atoms with Crippen molar-refractivity contribution >= 4 is 23.2 Å². The zero-order chi connectivity index (χ0) is 12.4. The standard InChI is InChI=1S/C11H14N4O2/c12-7-1-2-8(11(13)17)9(5-7)15-4-3-14-10(16)6-15/h1-2,5H,3-4,6,12H2,(H2,13,17)(H,14,16). The van der Waals surface area contributed by atoms with Gasteiger partial charge in [0.05, 0.1) is 17.8 Å². The molecule has 5 N–H and O–H groups in total. The fourth-order valence-electron chi connectivity index (χ4n) is 1.86. The average Bonchev–Trinajstić information content (AvgIpc) is 2.28. The van der Waals surface area contributed by atoms with Crippen molar-refractivity contribution in [1.82, 2.24) is 5.32 Å². The van der Waals surface area contributed by atoms with E-state index in [4.69, 9.17) is 11.5 Å². The molecule has 1 aliphatic heterocycles. The first-order valence-electron chi connectivity index (χ1n) is 5.29. The van der Waals surface area contributed by atoms with Crippen LogP contribution in [0, 0.1) is 0 Å². The minimum absolute atomic E-state index is 0.0749. The summed E-state index contributed by atoms with van der Waals surface area (Å²) >= 11 is 0. The number of primary amides is 1. The number of benzene rings is 1. The number of nitrogens with two attached hydrogens (primary N) is 2. The van der Waals surface area contributed by atoms with E-state index in [1.54, 1.807) is 23.1 Å². The lowest BCUT2D eigenvalue weighted by atomic mass is 10.1. The highest BCUT2D eigenvalue weighted by Crippen LogP contribution is 2.23. The van der Waals surface area contributed by atoms with E-state index < -0.39 is 5.91 Å². The number of carbonyl (C=O) groups is 2. The summed E-state index contributed by atoms with van der Waals surface area (Å²) in [6.07, 6.45) is 0. The highest BCUT2D eigenvalue weighted by molar-refractivity contribution is 6.00. The highest BCUT2D eigenvalue weighted by atomic mass is 16.2. The molecule has 1 fully saturated rings. The fourth-order valence-corrected chi connectivity index (χ4v) is 1.86. The van der Waals surface area contributed by atoms with Crippen LogP contribution in [0.25, 0.3) is 0 Å². The van der Waals surface area contributed by atoms with Crippen LogP contribution in [0.4, 0.5) is 11.4 Å². The number of hydrogen-bond acceptors (Lipinski definition) is 4. The number of hydrogen-bond donors (Lipinski definition) is 3. The quantitative estimate of drug-likeness (QED) is 0.589. The van der Waals surface area contributed by atoms with Gasteiger partial charge in [0.2, 0.25) is 5.91 Å². The predicted octanol–water partition coefficient (Wildman–Crippen LogP) is -0.696. The Morgan fingerprint density at radius 2 is 2.18 bits per heavy atom. The van der Waals surface area contributed by atoms with Gasteiger partial charge in [0.15, 0.2) is 0 Å². The maximum atomic E-state index is 11.3. The van der Waals surface area contributed by atoms with Crippen molar-refractivity contribution in [3.63, 3.8) is 0 Å². The van der Waals surface area contributed by atoms with Gasteiger partial charge in [-0.15, -0.1) is 0 Å². The lowest BCUT2D eigenvalue weighted by Crippen LogP contribution is -2.48. The SMILES string of the molecule is NC(=O)c1ccc(N)cc1N1CCNC(=O)C1. The van der Waals surface area contributed by atoms with Crippen molar-refractivity contribution in [3.8, 4) is 0 Å². The fraction of sp³-hybridized carbons (Fsp3) is 0.273. The van der Waals surface area contributed by atoms with E-state index in [9.17, 15) is 9.59 Å². The molecule has 0 saturated carbocycles. The van der Waals surface area contributed by atoms with Gasteiger partial charge in [0.1, 0.15) is 0 Å². The zero-order valence-electron chi connectivity index (χ0n) is 9.27. The minimum atomic E-state index is -0.522. The average molecular weight is 234 g/mol. The molecule has 17 heavy (non-hydrogen) atoms. The number of nitrogen functional groups attached to an aromatic ring is 1. The van der Waals surface area contributed by atoms with Crippen LogP contribution in [0.15, 0.2) is 18.2 Å². The number of anilines is 2. The van der Waals surface area contributed by atoms with Crippen molar-refractivity contribution in [3.05, 3.63) is 23.8 Å². The smallest absolute Gasteiger partial charge is 0.250 e. The van der Waals surface area contributed by atoms with Crippen LogP contribution < -0.4 is 21.7 Å². The Hall–Kier alpha value is -2.24. The summed E-state index contributed by atoms with van der Waals surface area (Å²) in [7, 11) is 0. The summed E-state index contributed by atoms with van der Waals surface area (Å²) in [4.78, 5) is 24.4. The molecular formula is C11H14N4O2. The van der Waals surface area contributed by atoms with Crippen molar-refractivity contribution in [2.75, 3.05) is 30.3 Å². The summed E-state index contributed by atoms with van der Waals surface area (Å²) in [5, 5.41) is 2.72. The van der Waals surface area contributed by atoms with Gasteiger partial charge in [-0.1, -0.05) is 0 Å². The summed E-state index contributed by atoms with van der Waals surface area (Å²) in [5.74, 6) is -0.597. The van der Waals surface area contributed by atoms with Gasteiger partial charge in [-0.25, -0.2) is 0 Å². The molecular weight excluding hydrogens is 220 g/mol. The van der Waals surface area contributed by atoms with E-state index in [-0.39, 0.29) is 12.5 Å². The Morgan fingerprint density at radius 1 is 1.41 bits per heavy atom. The van der Waals surface area contributed by atoms with Crippen LogP contribution in [0.3, 0.4) is 0 Å². The number of amides is 2. The molecule has 90 valence electrons. The van der Waals surface area contributed by atoms with Crippen LogP contribution in [0.2, 0.25) is 0 Å². The molecule has 1 aromatic rings. The third kappa shape index (κ3) is 2.30. The molecule has 0 unspecified atom stereocenters. The first-order valence-corrected chi connectivity index (χ1v) is 5.29. The second-order valence-electron chi connectivity index (χ2n) is 3.91. The monoisotopic (exact) mass is 234 g/mol. The van der Waals surface area contributed by atoms with Crippen LogP contribution in [0.1, 0.15) is 10.4 Å². The molecule has 1 aromatic carbocycles. The number of rotatable bonds is 2. The minimum Gasteiger partial charge on any atom is -0.399 e. The zero-order valence-corrected chi connectivity index (χ0v) is 9.27. The number of nitrogens with zero attached hydrogens (tertiary/aromatic N) is 1. The molecule has 2 amide bonds. The molecule has 0 radical (unpaired) electrons. The molecule has 0 bridgehead atoms. The van der Waals surface area contributed by atoms with Crippen molar-refractivity contribution in [2.45, 2.75) is 0 Å². The molecule has 1 saturated heterocycles. The lowest BCUT2D eigenvalue weighted by Gasteiger charge is -2.30. The first kappa shape index (κ1) is 11.3. The Labute approximate surface area is 98.6 Å². The van der Waals surface area contributed by atoms with Crippen molar-refractivity contribution in [2.24, 2.45) is 5.73 Å². The molecule has 1 heterocycles. The number of carbonyl (C=O) groups excluding carboxylic acids is 2. The molecule has 0 atom stereocenters. The van der Waals surface area contributed by atoms with Crippen LogP contribution in [-0.4, -0.2) is 31.4 Å². The van der Waals surface area contributed by atoms with E-state index in [2.05, 4.69) is 5.32 Å². The second kappa shape index (κ2) is 4.32. The van der Waals surface area contributed by atoms with Gasteiger partial charge in [-0.05, 0) is 18.2 Å². The normalized spacial score (nSPS) is 15.5. The summed E-state index contributed by atoms with van der Waals surface area (Å²) in [6, 6.07) is 4.87. The number of piperazine rings is 1. The summed E-state index contributed by atoms with van der Waals surface area (Å²) < 4.78 is 0. The maximum absolute atomic E-state index is 11.3. The van der Waals surface area contributed by atoms with E-state index in [1.807, 2.05) is 0 Å². The van der Waals surface area contributed by atoms with Gasteiger partial charge in [0.25, 0.3) is 5.91 Å². The van der Waals surface area contributed by atoms with Gasteiger partial charge < -0.3 is 21.7 Å². The topological polar surface area (TPSA) is 101 Å². The van der Waals surface area contributed by atoms with Crippen LogP contribution >= 0.6 is 0 Å². The molecule has 0 aromatic heterocycles. The Bertz CT molecular complexity index is 473. The van der Waals surface area contributed by atoms with E-state index in [1.165, 1.54) is 0 Å².